The Hall–Kier alpha value is -2.98. The lowest BCUT2D eigenvalue weighted by Crippen LogP contribution is -2.44. The number of nitrogens with zero attached hydrogens (tertiary/aromatic N) is 4. The molecule has 2 aliphatic rings. The summed E-state index contributed by atoms with van der Waals surface area (Å²) >= 11 is 0. The molecule has 1 aromatic carbocycles. The fourth-order valence-corrected chi connectivity index (χ4v) is 6.73. The van der Waals surface area contributed by atoms with E-state index in [1.165, 1.54) is 0 Å². The predicted molar refractivity (Wildman–Crippen MR) is 124 cm³/mol. The summed E-state index contributed by atoms with van der Waals surface area (Å²) in [6.07, 6.45) is 0.964. The summed E-state index contributed by atoms with van der Waals surface area (Å²) in [5.74, 6) is 1.47. The van der Waals surface area contributed by atoms with Crippen molar-refractivity contribution in [2.45, 2.75) is 49.3 Å². The van der Waals surface area contributed by atoms with Crippen molar-refractivity contribution in [1.82, 2.24) is 15.1 Å². The Morgan fingerprint density at radius 3 is 2.48 bits per heavy atom. The van der Waals surface area contributed by atoms with Crippen LogP contribution in [-0.2, 0) is 19.3 Å². The fourth-order valence-electron chi connectivity index (χ4n) is 4.47. The number of nitrogens with two attached hydrogens (primary N) is 1. The second kappa shape index (κ2) is 7.81. The van der Waals surface area contributed by atoms with Crippen LogP contribution in [-0.4, -0.2) is 49.3 Å². The molecule has 2 N–H and O–H groups in total. The number of ether oxygens (including phenoxy) is 1. The van der Waals surface area contributed by atoms with Crippen molar-refractivity contribution >= 4 is 21.3 Å². The number of aryl methyl sites for hydroxylation is 2. The van der Waals surface area contributed by atoms with Crippen molar-refractivity contribution in [1.29, 1.82) is 0 Å². The van der Waals surface area contributed by atoms with Gasteiger partial charge in [-0.05, 0) is 57.9 Å². The molecular formula is C23H27N5O4S. The van der Waals surface area contributed by atoms with Gasteiger partial charge in [-0.15, -0.1) is 0 Å². The third-order valence-corrected chi connectivity index (χ3v) is 9.23. The van der Waals surface area contributed by atoms with Gasteiger partial charge in [0.2, 0.25) is 0 Å². The molecule has 33 heavy (non-hydrogen) atoms. The van der Waals surface area contributed by atoms with Crippen molar-refractivity contribution < 1.29 is 17.7 Å². The lowest BCUT2D eigenvalue weighted by molar-refractivity contribution is 0.0985. The fraction of sp³-hybridized carbons (Fsp3) is 0.435. The van der Waals surface area contributed by atoms with E-state index in [0.29, 0.717) is 67.1 Å². The maximum Gasteiger partial charge on any atom is 0.195 e. The number of morpholine rings is 1. The number of benzene rings is 1. The average Bonchev–Trinajstić information content (AvgIpc) is 3.54. The van der Waals surface area contributed by atoms with Gasteiger partial charge >= 0.3 is 0 Å². The molecule has 0 bridgehead atoms. The third kappa shape index (κ3) is 3.57. The number of hydrogen-bond acceptors (Lipinski definition) is 9. The topological polar surface area (TPSA) is 124 Å². The molecule has 1 atom stereocenters. The maximum atomic E-state index is 13.9. The van der Waals surface area contributed by atoms with Crippen LogP contribution in [0.5, 0.6) is 0 Å². The molecule has 3 heterocycles. The highest BCUT2D eigenvalue weighted by Gasteiger charge is 2.59. The number of hydrogen-bond donors (Lipinski definition) is 1. The third-order valence-electron chi connectivity index (χ3n) is 6.47. The highest BCUT2D eigenvalue weighted by molar-refractivity contribution is 7.92. The van der Waals surface area contributed by atoms with E-state index in [-0.39, 0.29) is 10.9 Å². The number of sulfone groups is 1. The zero-order valence-electron chi connectivity index (χ0n) is 18.9. The number of anilines is 2. The van der Waals surface area contributed by atoms with E-state index in [1.807, 2.05) is 18.2 Å². The Kier molecular flexibility index (Phi) is 5.17. The van der Waals surface area contributed by atoms with Crippen LogP contribution in [0.2, 0.25) is 0 Å². The Labute approximate surface area is 192 Å². The summed E-state index contributed by atoms with van der Waals surface area (Å²) < 4.78 is 37.4. The molecule has 3 aromatic rings. The first-order valence-corrected chi connectivity index (χ1v) is 12.5. The molecule has 2 aromatic heterocycles. The van der Waals surface area contributed by atoms with E-state index in [0.717, 1.165) is 5.56 Å². The van der Waals surface area contributed by atoms with Crippen LogP contribution in [0.4, 0.5) is 11.5 Å². The van der Waals surface area contributed by atoms with E-state index in [4.69, 9.17) is 25.0 Å². The normalized spacial score (nSPS) is 20.1. The van der Waals surface area contributed by atoms with Gasteiger partial charge in [-0.25, -0.2) is 18.4 Å². The molecule has 1 saturated heterocycles. The van der Waals surface area contributed by atoms with Gasteiger partial charge in [-0.2, -0.15) is 0 Å². The number of rotatable bonds is 5. The summed E-state index contributed by atoms with van der Waals surface area (Å²) in [5, 5.41) is 3.87. The minimum absolute atomic E-state index is 0.107. The quantitative estimate of drug-likeness (QED) is 0.561. The van der Waals surface area contributed by atoms with Gasteiger partial charge in [0.1, 0.15) is 15.5 Å². The Balaban J connectivity index is 1.67. The summed E-state index contributed by atoms with van der Waals surface area (Å²) in [6, 6.07) is 9.21. The smallest absolute Gasteiger partial charge is 0.195 e. The summed E-state index contributed by atoms with van der Waals surface area (Å²) in [5.41, 5.74) is 8.14. The molecule has 0 spiro atoms. The van der Waals surface area contributed by atoms with Crippen LogP contribution in [0, 0.1) is 13.8 Å². The molecule has 0 radical (unpaired) electrons. The molecule has 0 amide bonds. The first-order valence-electron chi connectivity index (χ1n) is 11.0. The van der Waals surface area contributed by atoms with Gasteiger partial charge in [0, 0.05) is 23.9 Å². The highest BCUT2D eigenvalue weighted by Crippen LogP contribution is 2.56. The first-order chi connectivity index (χ1) is 15.7. The molecule has 5 rings (SSSR count). The second-order valence-electron chi connectivity index (χ2n) is 8.83. The molecule has 0 unspecified atom stereocenters. The Morgan fingerprint density at radius 1 is 1.15 bits per heavy atom. The standard InChI is InChI=1S/C23H27N5O4S/c1-14-13-31-11-10-28(14)20-12-19(25-22(26-20)17-4-6-18(24)7-5-17)23(8-9-23)33(29,30)21-15(2)27-32-16(21)3/h4-7,12,14H,8-11,13,24H2,1-3H3/t14-/m0/s1. The number of aromatic nitrogens is 3. The van der Waals surface area contributed by atoms with Crippen molar-refractivity contribution in [2.24, 2.45) is 0 Å². The van der Waals surface area contributed by atoms with E-state index in [9.17, 15) is 8.42 Å². The minimum Gasteiger partial charge on any atom is -0.399 e. The molecule has 1 aliphatic heterocycles. The molecule has 9 nitrogen and oxygen atoms in total. The zero-order chi connectivity index (χ0) is 23.4. The van der Waals surface area contributed by atoms with Crippen LogP contribution in [0.3, 0.4) is 0 Å². The van der Waals surface area contributed by atoms with Gasteiger partial charge in [-0.3, -0.25) is 0 Å². The average molecular weight is 470 g/mol. The molecule has 1 aliphatic carbocycles. The van der Waals surface area contributed by atoms with Crippen molar-refractivity contribution in [3.63, 3.8) is 0 Å². The Morgan fingerprint density at radius 2 is 1.88 bits per heavy atom. The second-order valence-corrected chi connectivity index (χ2v) is 11.0. The largest absolute Gasteiger partial charge is 0.399 e. The van der Waals surface area contributed by atoms with Gasteiger partial charge in [-0.1, -0.05) is 5.16 Å². The molecule has 1 saturated carbocycles. The molecule has 174 valence electrons. The van der Waals surface area contributed by atoms with Gasteiger partial charge in [0.15, 0.2) is 21.4 Å². The van der Waals surface area contributed by atoms with Crippen LogP contribution < -0.4 is 10.6 Å². The molecule has 2 fully saturated rings. The number of nitrogen functional groups attached to an aromatic ring is 1. The Bertz CT molecular complexity index is 1280. The van der Waals surface area contributed by atoms with E-state index in [1.54, 1.807) is 26.0 Å². The predicted octanol–water partition coefficient (Wildman–Crippen LogP) is 3.02. The lowest BCUT2D eigenvalue weighted by Gasteiger charge is -2.34. The highest BCUT2D eigenvalue weighted by atomic mass is 32.2. The van der Waals surface area contributed by atoms with E-state index >= 15 is 0 Å². The summed E-state index contributed by atoms with van der Waals surface area (Å²) in [7, 11) is -3.77. The van der Waals surface area contributed by atoms with Crippen molar-refractivity contribution in [3.05, 3.63) is 47.5 Å². The van der Waals surface area contributed by atoms with Crippen LogP contribution in [0.25, 0.3) is 11.4 Å². The summed E-state index contributed by atoms with van der Waals surface area (Å²) in [4.78, 5) is 11.9. The van der Waals surface area contributed by atoms with Gasteiger partial charge in [0.25, 0.3) is 0 Å². The lowest BCUT2D eigenvalue weighted by atomic mass is 10.1. The van der Waals surface area contributed by atoms with Crippen LogP contribution >= 0.6 is 0 Å². The monoisotopic (exact) mass is 469 g/mol. The van der Waals surface area contributed by atoms with Gasteiger partial charge < -0.3 is 19.9 Å². The molecular weight excluding hydrogens is 442 g/mol. The minimum atomic E-state index is -3.77. The molecule has 10 heteroatoms. The SMILES string of the molecule is Cc1noc(C)c1S(=O)(=O)C1(c2cc(N3CCOC[C@@H]3C)nc(-c3ccc(N)cc3)n2)CC1. The van der Waals surface area contributed by atoms with Crippen molar-refractivity contribution in [2.75, 3.05) is 30.4 Å². The van der Waals surface area contributed by atoms with Crippen LogP contribution in [0.1, 0.15) is 36.9 Å². The van der Waals surface area contributed by atoms with Gasteiger partial charge in [0.05, 0.1) is 30.6 Å². The van der Waals surface area contributed by atoms with Crippen molar-refractivity contribution in [3.8, 4) is 11.4 Å². The van der Waals surface area contributed by atoms with E-state index < -0.39 is 14.6 Å². The summed E-state index contributed by atoms with van der Waals surface area (Å²) in [6.45, 7) is 7.19. The van der Waals surface area contributed by atoms with Crippen LogP contribution in [0.15, 0.2) is 39.8 Å². The zero-order valence-corrected chi connectivity index (χ0v) is 19.7. The maximum absolute atomic E-state index is 13.9. The van der Waals surface area contributed by atoms with E-state index in [2.05, 4.69) is 17.0 Å². The first kappa shape index (κ1) is 21.8.